The van der Waals surface area contributed by atoms with Crippen molar-refractivity contribution < 1.29 is 17.9 Å². The van der Waals surface area contributed by atoms with Gasteiger partial charge in [0.25, 0.3) is 0 Å². The van der Waals surface area contributed by atoms with Crippen molar-refractivity contribution >= 4 is 0 Å². The monoisotopic (exact) mass is 302 g/mol. The van der Waals surface area contributed by atoms with Gasteiger partial charge in [-0.15, -0.1) is 0 Å². The van der Waals surface area contributed by atoms with Crippen molar-refractivity contribution in [2.45, 2.75) is 25.7 Å². The summed E-state index contributed by atoms with van der Waals surface area (Å²) < 4.78 is 44.0. The molecule has 1 atom stereocenters. The molecule has 0 bridgehead atoms. The van der Waals surface area contributed by atoms with E-state index in [9.17, 15) is 13.2 Å². The van der Waals surface area contributed by atoms with Crippen molar-refractivity contribution in [1.82, 2.24) is 10.2 Å². The average Bonchev–Trinajstić information content (AvgIpc) is 2.45. The first-order valence-corrected chi connectivity index (χ1v) is 7.15. The third-order valence-electron chi connectivity index (χ3n) is 3.60. The summed E-state index contributed by atoms with van der Waals surface area (Å²) in [5.41, 5.74) is -0.269. The van der Waals surface area contributed by atoms with E-state index in [-0.39, 0.29) is 12.6 Å². The molecule has 21 heavy (non-hydrogen) atoms. The van der Waals surface area contributed by atoms with Gasteiger partial charge in [-0.05, 0) is 18.6 Å². The zero-order valence-corrected chi connectivity index (χ0v) is 12.1. The SMILES string of the molecule is CC(CN1CCOCC1)NCc1ccccc1C(F)(F)F. The van der Waals surface area contributed by atoms with Gasteiger partial charge < -0.3 is 10.1 Å². The molecule has 0 saturated carbocycles. The minimum atomic E-state index is -4.30. The van der Waals surface area contributed by atoms with Gasteiger partial charge >= 0.3 is 6.18 Å². The van der Waals surface area contributed by atoms with Crippen LogP contribution in [0.5, 0.6) is 0 Å². The minimum absolute atomic E-state index is 0.129. The van der Waals surface area contributed by atoms with Crippen molar-refractivity contribution in [1.29, 1.82) is 0 Å². The molecule has 3 nitrogen and oxygen atoms in total. The highest BCUT2D eigenvalue weighted by molar-refractivity contribution is 5.29. The van der Waals surface area contributed by atoms with Gasteiger partial charge in [-0.2, -0.15) is 13.2 Å². The van der Waals surface area contributed by atoms with Gasteiger partial charge in [0.1, 0.15) is 0 Å². The molecule has 0 aliphatic carbocycles. The lowest BCUT2D eigenvalue weighted by atomic mass is 10.1. The molecule has 2 rings (SSSR count). The zero-order valence-electron chi connectivity index (χ0n) is 12.1. The molecule has 1 saturated heterocycles. The summed E-state index contributed by atoms with van der Waals surface area (Å²) in [7, 11) is 0. The number of hydrogen-bond acceptors (Lipinski definition) is 3. The molecule has 0 spiro atoms. The molecule has 1 aliphatic heterocycles. The van der Waals surface area contributed by atoms with Crippen LogP contribution in [-0.4, -0.2) is 43.8 Å². The molecule has 0 aromatic heterocycles. The zero-order chi connectivity index (χ0) is 15.3. The number of halogens is 3. The van der Waals surface area contributed by atoms with Crippen LogP contribution in [-0.2, 0) is 17.5 Å². The number of benzene rings is 1. The molecular formula is C15H21F3N2O. The first kappa shape index (κ1) is 16.3. The molecule has 1 aromatic carbocycles. The van der Waals surface area contributed by atoms with Crippen LogP contribution >= 0.6 is 0 Å². The fraction of sp³-hybridized carbons (Fsp3) is 0.600. The van der Waals surface area contributed by atoms with Gasteiger partial charge in [-0.1, -0.05) is 18.2 Å². The normalized spacial score (nSPS) is 18.7. The number of hydrogen-bond donors (Lipinski definition) is 1. The summed E-state index contributed by atoms with van der Waals surface area (Å²) in [6.45, 7) is 6.24. The highest BCUT2D eigenvalue weighted by Crippen LogP contribution is 2.31. The van der Waals surface area contributed by atoms with Gasteiger partial charge in [0.2, 0.25) is 0 Å². The Balaban J connectivity index is 1.87. The number of nitrogens with one attached hydrogen (secondary N) is 1. The Bertz CT molecular complexity index is 445. The van der Waals surface area contributed by atoms with Gasteiger partial charge in [-0.25, -0.2) is 0 Å². The van der Waals surface area contributed by atoms with E-state index in [2.05, 4.69) is 10.2 Å². The van der Waals surface area contributed by atoms with E-state index < -0.39 is 11.7 Å². The lowest BCUT2D eigenvalue weighted by Crippen LogP contribution is -2.44. The Morgan fingerprint density at radius 1 is 1.24 bits per heavy atom. The van der Waals surface area contributed by atoms with Gasteiger partial charge in [-0.3, -0.25) is 4.90 Å². The van der Waals surface area contributed by atoms with Gasteiger partial charge in [0, 0.05) is 32.2 Å². The highest BCUT2D eigenvalue weighted by atomic mass is 19.4. The summed E-state index contributed by atoms with van der Waals surface area (Å²) in [5, 5.41) is 3.18. The summed E-state index contributed by atoms with van der Waals surface area (Å²) in [6, 6.07) is 5.84. The van der Waals surface area contributed by atoms with Crippen molar-refractivity contribution in [3.63, 3.8) is 0 Å². The van der Waals surface area contributed by atoms with Gasteiger partial charge in [0.05, 0.1) is 18.8 Å². The van der Waals surface area contributed by atoms with E-state index in [0.717, 1.165) is 38.9 Å². The van der Waals surface area contributed by atoms with Crippen LogP contribution in [0.25, 0.3) is 0 Å². The van der Waals surface area contributed by atoms with Crippen LogP contribution in [0.4, 0.5) is 13.2 Å². The summed E-state index contributed by atoms with van der Waals surface area (Å²) in [4.78, 5) is 2.26. The number of alkyl halides is 3. The van der Waals surface area contributed by atoms with E-state index in [1.54, 1.807) is 6.07 Å². The lowest BCUT2D eigenvalue weighted by Gasteiger charge is -2.29. The lowest BCUT2D eigenvalue weighted by molar-refractivity contribution is -0.138. The third kappa shape index (κ3) is 4.98. The molecule has 0 radical (unpaired) electrons. The standard InChI is InChI=1S/C15H21F3N2O/c1-12(11-20-6-8-21-9-7-20)19-10-13-4-2-3-5-14(13)15(16,17)18/h2-5,12,19H,6-11H2,1H3. The van der Waals surface area contributed by atoms with E-state index in [4.69, 9.17) is 4.74 Å². The Kier molecular flexibility index (Phi) is 5.61. The molecule has 1 fully saturated rings. The maximum atomic E-state index is 12.9. The van der Waals surface area contributed by atoms with Crippen molar-refractivity contribution in [2.24, 2.45) is 0 Å². The number of rotatable bonds is 5. The molecule has 1 aliphatic rings. The number of nitrogens with zero attached hydrogens (tertiary/aromatic N) is 1. The maximum absolute atomic E-state index is 12.9. The van der Waals surface area contributed by atoms with Crippen molar-refractivity contribution in [3.8, 4) is 0 Å². The summed E-state index contributed by atoms with van der Waals surface area (Å²) in [6.07, 6.45) is -4.30. The quantitative estimate of drug-likeness (QED) is 0.904. The largest absolute Gasteiger partial charge is 0.416 e. The minimum Gasteiger partial charge on any atom is -0.379 e. The second kappa shape index (κ2) is 7.24. The predicted octanol–water partition coefficient (Wildman–Crippen LogP) is 2.52. The third-order valence-corrected chi connectivity index (χ3v) is 3.60. The first-order chi connectivity index (χ1) is 9.97. The summed E-state index contributed by atoms with van der Waals surface area (Å²) >= 11 is 0. The second-order valence-corrected chi connectivity index (χ2v) is 5.35. The van der Waals surface area contributed by atoms with Crippen molar-refractivity contribution in [2.75, 3.05) is 32.8 Å². The molecule has 1 unspecified atom stereocenters. The highest BCUT2D eigenvalue weighted by Gasteiger charge is 2.32. The molecule has 1 N–H and O–H groups in total. The van der Waals surface area contributed by atoms with E-state index >= 15 is 0 Å². The van der Waals surface area contributed by atoms with E-state index in [0.29, 0.717) is 5.56 Å². The predicted molar refractivity (Wildman–Crippen MR) is 75.0 cm³/mol. The molecule has 1 heterocycles. The fourth-order valence-electron chi connectivity index (χ4n) is 2.47. The van der Waals surface area contributed by atoms with E-state index in [1.165, 1.54) is 12.1 Å². The Hall–Kier alpha value is -1.11. The van der Waals surface area contributed by atoms with Crippen LogP contribution in [0.1, 0.15) is 18.1 Å². The Morgan fingerprint density at radius 2 is 1.90 bits per heavy atom. The molecule has 118 valence electrons. The maximum Gasteiger partial charge on any atom is 0.416 e. The molecule has 1 aromatic rings. The van der Waals surface area contributed by atoms with Crippen LogP contribution < -0.4 is 5.32 Å². The summed E-state index contributed by atoms with van der Waals surface area (Å²) in [5.74, 6) is 0. The topological polar surface area (TPSA) is 24.5 Å². The average molecular weight is 302 g/mol. The smallest absolute Gasteiger partial charge is 0.379 e. The first-order valence-electron chi connectivity index (χ1n) is 7.15. The van der Waals surface area contributed by atoms with Crippen LogP contribution in [0, 0.1) is 0 Å². The van der Waals surface area contributed by atoms with Crippen molar-refractivity contribution in [3.05, 3.63) is 35.4 Å². The number of morpholine rings is 1. The van der Waals surface area contributed by atoms with Gasteiger partial charge in [0.15, 0.2) is 0 Å². The van der Waals surface area contributed by atoms with Crippen LogP contribution in [0.2, 0.25) is 0 Å². The van der Waals surface area contributed by atoms with Crippen LogP contribution in [0.3, 0.4) is 0 Å². The van der Waals surface area contributed by atoms with Crippen LogP contribution in [0.15, 0.2) is 24.3 Å². The van der Waals surface area contributed by atoms with E-state index in [1.807, 2.05) is 6.92 Å². The second-order valence-electron chi connectivity index (χ2n) is 5.35. The number of ether oxygens (including phenoxy) is 1. The molecule has 6 heteroatoms. The molecule has 0 amide bonds. The molecular weight excluding hydrogens is 281 g/mol. The Labute approximate surface area is 123 Å². The fourth-order valence-corrected chi connectivity index (χ4v) is 2.47. The Morgan fingerprint density at radius 3 is 2.57 bits per heavy atom.